The molecule has 0 aliphatic heterocycles. The van der Waals surface area contributed by atoms with Gasteiger partial charge in [0.05, 0.1) is 5.69 Å². The molecule has 0 unspecified atom stereocenters. The Morgan fingerprint density at radius 3 is 2.62 bits per heavy atom. The van der Waals surface area contributed by atoms with E-state index in [1.165, 1.54) is 4.68 Å². The van der Waals surface area contributed by atoms with Crippen LogP contribution in [0.2, 0.25) is 0 Å². The Morgan fingerprint density at radius 1 is 1.44 bits per heavy atom. The molecule has 0 aliphatic carbocycles. The van der Waals surface area contributed by atoms with E-state index < -0.39 is 4.92 Å². The van der Waals surface area contributed by atoms with Crippen LogP contribution in [0.1, 0.15) is 11.5 Å². The molecule has 0 radical (unpaired) electrons. The zero-order chi connectivity index (χ0) is 11.9. The number of aryl methyl sites for hydroxylation is 2. The van der Waals surface area contributed by atoms with Crippen LogP contribution in [0.15, 0.2) is 12.3 Å². The summed E-state index contributed by atoms with van der Waals surface area (Å²) >= 11 is 0. The normalized spacial score (nSPS) is 10.7. The summed E-state index contributed by atoms with van der Waals surface area (Å²) in [6, 6.07) is 1.78. The van der Waals surface area contributed by atoms with E-state index >= 15 is 0 Å². The predicted molar refractivity (Wildman–Crippen MR) is 56.5 cm³/mol. The second-order valence-electron chi connectivity index (χ2n) is 3.52. The molecule has 0 amide bonds. The van der Waals surface area contributed by atoms with E-state index in [-0.39, 0.29) is 5.82 Å². The summed E-state index contributed by atoms with van der Waals surface area (Å²) in [5.74, 6) is 0.772. The van der Waals surface area contributed by atoms with Gasteiger partial charge in [0.25, 0.3) is 0 Å². The van der Waals surface area contributed by atoms with E-state index in [9.17, 15) is 10.1 Å². The predicted octanol–water partition coefficient (Wildman–Crippen LogP) is 1.13. The van der Waals surface area contributed by atoms with Crippen LogP contribution in [0.4, 0.5) is 5.82 Å². The quantitative estimate of drug-likeness (QED) is 0.562. The Kier molecular flexibility index (Phi) is 2.22. The molecule has 0 saturated carbocycles. The Bertz CT molecular complexity index is 554. The fourth-order valence-corrected chi connectivity index (χ4v) is 1.49. The molecule has 2 rings (SSSR count). The van der Waals surface area contributed by atoms with Crippen molar-refractivity contribution in [3.05, 3.63) is 33.9 Å². The fourth-order valence-electron chi connectivity index (χ4n) is 1.49. The molecule has 0 aliphatic rings. The van der Waals surface area contributed by atoms with Crippen LogP contribution < -0.4 is 0 Å². The van der Waals surface area contributed by atoms with Gasteiger partial charge in [-0.25, -0.2) is 4.68 Å². The molecule has 7 heteroatoms. The lowest BCUT2D eigenvalue weighted by Gasteiger charge is -2.01. The SMILES string of the molecule is Cc1ccn(-c2c([N+](=O)[O-])nc(C)n2C)n1. The van der Waals surface area contributed by atoms with Crippen LogP contribution in [0.5, 0.6) is 0 Å². The largest absolute Gasteiger partial charge is 0.409 e. The number of hydrogen-bond acceptors (Lipinski definition) is 4. The number of nitro groups is 1. The summed E-state index contributed by atoms with van der Waals surface area (Å²) in [5.41, 5.74) is 0.799. The maximum atomic E-state index is 10.9. The molecule has 2 heterocycles. The molecule has 0 atom stereocenters. The van der Waals surface area contributed by atoms with Gasteiger partial charge in [0.1, 0.15) is 0 Å². The van der Waals surface area contributed by atoms with Gasteiger partial charge in [-0.3, -0.25) is 4.57 Å². The van der Waals surface area contributed by atoms with Crippen LogP contribution in [-0.2, 0) is 7.05 Å². The number of aromatic nitrogens is 4. The highest BCUT2D eigenvalue weighted by molar-refractivity contribution is 5.42. The average molecular weight is 221 g/mol. The summed E-state index contributed by atoms with van der Waals surface area (Å²) in [6.45, 7) is 3.54. The number of hydrogen-bond donors (Lipinski definition) is 0. The van der Waals surface area contributed by atoms with Crippen LogP contribution in [0.25, 0.3) is 5.82 Å². The molecule has 2 aromatic rings. The Morgan fingerprint density at radius 2 is 2.12 bits per heavy atom. The van der Waals surface area contributed by atoms with Crippen LogP contribution in [0, 0.1) is 24.0 Å². The van der Waals surface area contributed by atoms with Gasteiger partial charge in [-0.1, -0.05) is 0 Å². The van der Waals surface area contributed by atoms with Crippen molar-refractivity contribution in [1.29, 1.82) is 0 Å². The van der Waals surface area contributed by atoms with Crippen molar-refractivity contribution >= 4 is 5.82 Å². The van der Waals surface area contributed by atoms with Gasteiger partial charge in [-0.05, 0) is 22.9 Å². The minimum absolute atomic E-state index is 0.178. The van der Waals surface area contributed by atoms with Gasteiger partial charge in [-0.15, -0.1) is 0 Å². The van der Waals surface area contributed by atoms with Crippen molar-refractivity contribution < 1.29 is 4.92 Å². The van der Waals surface area contributed by atoms with Crippen molar-refractivity contribution in [2.45, 2.75) is 13.8 Å². The molecule has 7 nitrogen and oxygen atoms in total. The summed E-state index contributed by atoms with van der Waals surface area (Å²) in [7, 11) is 1.72. The minimum atomic E-state index is -0.501. The molecule has 0 saturated heterocycles. The van der Waals surface area contributed by atoms with Crippen LogP contribution in [-0.4, -0.2) is 24.3 Å². The molecule has 2 aromatic heterocycles. The van der Waals surface area contributed by atoms with Gasteiger partial charge in [0.15, 0.2) is 0 Å². The van der Waals surface area contributed by atoms with Crippen LogP contribution >= 0.6 is 0 Å². The topological polar surface area (TPSA) is 78.8 Å². The number of nitrogens with zero attached hydrogens (tertiary/aromatic N) is 5. The molecule has 16 heavy (non-hydrogen) atoms. The summed E-state index contributed by atoms with van der Waals surface area (Å²) in [4.78, 5) is 14.3. The highest BCUT2D eigenvalue weighted by atomic mass is 16.6. The van der Waals surface area contributed by atoms with Crippen molar-refractivity contribution in [1.82, 2.24) is 19.3 Å². The molecule has 0 fully saturated rings. The van der Waals surface area contributed by atoms with Crippen molar-refractivity contribution in [3.63, 3.8) is 0 Å². The Labute approximate surface area is 91.5 Å². The highest BCUT2D eigenvalue weighted by Crippen LogP contribution is 2.21. The molecule has 0 aromatic carbocycles. The summed E-state index contributed by atoms with van der Waals surface area (Å²) in [5, 5.41) is 15.0. The second kappa shape index (κ2) is 3.44. The van der Waals surface area contributed by atoms with Gasteiger partial charge in [0.2, 0.25) is 11.6 Å². The molecule has 0 bridgehead atoms. The zero-order valence-electron chi connectivity index (χ0n) is 9.21. The third kappa shape index (κ3) is 1.46. The first kappa shape index (κ1) is 10.3. The van der Waals surface area contributed by atoms with E-state index in [0.29, 0.717) is 11.6 Å². The smallest absolute Gasteiger partial charge is 0.358 e. The van der Waals surface area contributed by atoms with E-state index in [4.69, 9.17) is 0 Å². The first-order valence-corrected chi connectivity index (χ1v) is 4.71. The summed E-state index contributed by atoms with van der Waals surface area (Å²) in [6.07, 6.45) is 1.68. The second-order valence-corrected chi connectivity index (χ2v) is 3.52. The maximum absolute atomic E-state index is 10.9. The van der Waals surface area contributed by atoms with Crippen molar-refractivity contribution in [2.24, 2.45) is 7.05 Å². The van der Waals surface area contributed by atoms with Gasteiger partial charge >= 0.3 is 5.82 Å². The van der Waals surface area contributed by atoms with E-state index in [0.717, 1.165) is 5.69 Å². The van der Waals surface area contributed by atoms with Gasteiger partial charge in [0, 0.05) is 20.2 Å². The first-order valence-electron chi connectivity index (χ1n) is 4.71. The Hall–Kier alpha value is -2.18. The van der Waals surface area contributed by atoms with E-state index in [1.807, 2.05) is 6.92 Å². The minimum Gasteiger partial charge on any atom is -0.358 e. The van der Waals surface area contributed by atoms with E-state index in [1.54, 1.807) is 30.8 Å². The molecular formula is C9H11N5O2. The lowest BCUT2D eigenvalue weighted by atomic mass is 10.5. The lowest BCUT2D eigenvalue weighted by Crippen LogP contribution is -2.05. The highest BCUT2D eigenvalue weighted by Gasteiger charge is 2.25. The zero-order valence-corrected chi connectivity index (χ0v) is 9.21. The van der Waals surface area contributed by atoms with Crippen molar-refractivity contribution in [2.75, 3.05) is 0 Å². The Balaban J connectivity index is 2.67. The van der Waals surface area contributed by atoms with Gasteiger partial charge < -0.3 is 10.1 Å². The number of imidazole rings is 1. The lowest BCUT2D eigenvalue weighted by molar-refractivity contribution is -0.389. The third-order valence-corrected chi connectivity index (χ3v) is 2.38. The van der Waals surface area contributed by atoms with Crippen molar-refractivity contribution in [3.8, 4) is 5.82 Å². The maximum Gasteiger partial charge on any atom is 0.409 e. The number of rotatable bonds is 2. The monoisotopic (exact) mass is 221 g/mol. The first-order chi connectivity index (χ1) is 7.50. The fraction of sp³-hybridized carbons (Fsp3) is 0.333. The van der Waals surface area contributed by atoms with Gasteiger partial charge in [-0.2, -0.15) is 5.10 Å². The molecular weight excluding hydrogens is 210 g/mol. The molecule has 0 N–H and O–H groups in total. The van der Waals surface area contributed by atoms with Crippen LogP contribution in [0.3, 0.4) is 0 Å². The molecule has 0 spiro atoms. The molecule has 84 valence electrons. The third-order valence-electron chi connectivity index (χ3n) is 2.38. The standard InChI is InChI=1S/C9H11N5O2/c1-6-4-5-13(11-6)9-8(14(15)16)10-7(2)12(9)3/h4-5H,1-3H3. The average Bonchev–Trinajstić information content (AvgIpc) is 2.73. The van der Waals surface area contributed by atoms with E-state index in [2.05, 4.69) is 10.1 Å². The summed E-state index contributed by atoms with van der Waals surface area (Å²) < 4.78 is 3.11.